The Morgan fingerprint density at radius 3 is 2.07 bits per heavy atom. The standard InChI is InChI=1S/C17H15NO8S/c1-10-8-15(13(18(21)22)9-12(10)17(20)26-3)27(23,24)14-7-5-4-6-11(14)16(19)25-2/h4-9H,1-3H3. The summed E-state index contributed by atoms with van der Waals surface area (Å²) in [6.45, 7) is 1.42. The van der Waals surface area contributed by atoms with Crippen molar-refractivity contribution in [2.24, 2.45) is 0 Å². The molecule has 0 amide bonds. The van der Waals surface area contributed by atoms with Crippen molar-refractivity contribution < 1.29 is 32.4 Å². The van der Waals surface area contributed by atoms with Gasteiger partial charge in [-0.3, -0.25) is 10.1 Å². The molecular weight excluding hydrogens is 378 g/mol. The molecule has 2 rings (SSSR count). The highest BCUT2D eigenvalue weighted by Gasteiger charge is 2.33. The summed E-state index contributed by atoms with van der Waals surface area (Å²) in [6.07, 6.45) is 0. The molecule has 0 bridgehead atoms. The second kappa shape index (κ2) is 7.54. The van der Waals surface area contributed by atoms with Gasteiger partial charge in [0.2, 0.25) is 9.84 Å². The predicted octanol–water partition coefficient (Wildman–Crippen LogP) is 2.31. The van der Waals surface area contributed by atoms with Crippen LogP contribution < -0.4 is 0 Å². The van der Waals surface area contributed by atoms with Gasteiger partial charge in [0.1, 0.15) is 4.90 Å². The number of benzene rings is 2. The number of aryl methyl sites for hydroxylation is 1. The van der Waals surface area contributed by atoms with E-state index in [0.29, 0.717) is 0 Å². The van der Waals surface area contributed by atoms with Crippen molar-refractivity contribution in [3.8, 4) is 0 Å². The molecule has 0 spiro atoms. The monoisotopic (exact) mass is 393 g/mol. The van der Waals surface area contributed by atoms with Gasteiger partial charge in [0.05, 0.1) is 35.2 Å². The minimum Gasteiger partial charge on any atom is -0.465 e. The van der Waals surface area contributed by atoms with Crippen molar-refractivity contribution in [3.63, 3.8) is 0 Å². The Kier molecular flexibility index (Phi) is 5.60. The lowest BCUT2D eigenvalue weighted by Crippen LogP contribution is -2.14. The molecule has 0 unspecified atom stereocenters. The zero-order valence-corrected chi connectivity index (χ0v) is 15.4. The van der Waals surface area contributed by atoms with Crippen molar-refractivity contribution in [1.29, 1.82) is 0 Å². The fraction of sp³-hybridized carbons (Fsp3) is 0.176. The molecule has 2 aromatic rings. The third kappa shape index (κ3) is 3.65. The Hall–Kier alpha value is -3.27. The number of hydrogen-bond acceptors (Lipinski definition) is 8. The van der Waals surface area contributed by atoms with E-state index in [4.69, 9.17) is 0 Å². The number of ether oxygens (including phenoxy) is 2. The van der Waals surface area contributed by atoms with Crippen LogP contribution in [0.2, 0.25) is 0 Å². The maximum absolute atomic E-state index is 13.1. The van der Waals surface area contributed by atoms with Crippen LogP contribution in [0.4, 0.5) is 5.69 Å². The highest BCUT2D eigenvalue weighted by Crippen LogP contribution is 2.33. The summed E-state index contributed by atoms with van der Waals surface area (Å²) in [6, 6.07) is 7.05. The van der Waals surface area contributed by atoms with Crippen molar-refractivity contribution in [3.05, 3.63) is 63.2 Å². The van der Waals surface area contributed by atoms with E-state index in [1.54, 1.807) is 0 Å². The van der Waals surface area contributed by atoms with Crippen LogP contribution >= 0.6 is 0 Å². The first-order valence-corrected chi connectivity index (χ1v) is 8.93. The van der Waals surface area contributed by atoms with Gasteiger partial charge in [-0.25, -0.2) is 18.0 Å². The average Bonchev–Trinajstić information content (AvgIpc) is 2.66. The number of hydrogen-bond donors (Lipinski definition) is 0. The molecule has 0 aliphatic carbocycles. The molecule has 0 aliphatic rings. The van der Waals surface area contributed by atoms with Crippen LogP contribution in [0.5, 0.6) is 0 Å². The molecule has 0 saturated carbocycles. The Morgan fingerprint density at radius 2 is 1.52 bits per heavy atom. The molecule has 0 N–H and O–H groups in total. The van der Waals surface area contributed by atoms with Gasteiger partial charge >= 0.3 is 11.9 Å². The molecule has 0 radical (unpaired) electrons. The number of esters is 2. The van der Waals surface area contributed by atoms with Crippen LogP contribution in [-0.2, 0) is 19.3 Å². The van der Waals surface area contributed by atoms with E-state index in [2.05, 4.69) is 9.47 Å². The van der Waals surface area contributed by atoms with Crippen LogP contribution in [0.25, 0.3) is 0 Å². The molecule has 0 saturated heterocycles. The van der Waals surface area contributed by atoms with Gasteiger partial charge in [0.15, 0.2) is 0 Å². The molecular formula is C17H15NO8S. The maximum Gasteiger partial charge on any atom is 0.339 e. The fourth-order valence-electron chi connectivity index (χ4n) is 2.46. The second-order valence-corrected chi connectivity index (χ2v) is 7.26. The first kappa shape index (κ1) is 20.0. The van der Waals surface area contributed by atoms with Gasteiger partial charge in [-0.1, -0.05) is 12.1 Å². The zero-order chi connectivity index (χ0) is 20.4. The largest absolute Gasteiger partial charge is 0.465 e. The van der Waals surface area contributed by atoms with Gasteiger partial charge in [-0.15, -0.1) is 0 Å². The zero-order valence-electron chi connectivity index (χ0n) is 14.6. The molecule has 9 nitrogen and oxygen atoms in total. The van der Waals surface area contributed by atoms with Crippen LogP contribution in [-0.4, -0.2) is 39.5 Å². The highest BCUT2D eigenvalue weighted by molar-refractivity contribution is 7.91. The molecule has 142 valence electrons. The normalized spacial score (nSPS) is 10.9. The van der Waals surface area contributed by atoms with Gasteiger partial charge in [0, 0.05) is 6.07 Å². The number of sulfone groups is 1. The van der Waals surface area contributed by atoms with Crippen LogP contribution in [0.15, 0.2) is 46.2 Å². The molecule has 0 aromatic heterocycles. The summed E-state index contributed by atoms with van der Waals surface area (Å²) in [4.78, 5) is 33.1. The Labute approximate surface area is 154 Å². The first-order valence-electron chi connectivity index (χ1n) is 7.45. The lowest BCUT2D eigenvalue weighted by atomic mass is 10.1. The second-order valence-electron chi connectivity index (χ2n) is 5.37. The number of nitrogens with zero attached hydrogens (tertiary/aromatic N) is 1. The van der Waals surface area contributed by atoms with Crippen LogP contribution in [0, 0.1) is 17.0 Å². The van der Waals surface area contributed by atoms with Gasteiger partial charge in [-0.2, -0.15) is 0 Å². The Balaban J connectivity index is 2.81. The number of carbonyl (C=O) groups is 2. The summed E-state index contributed by atoms with van der Waals surface area (Å²) in [5.41, 5.74) is -1.03. The molecule has 10 heteroatoms. The van der Waals surface area contributed by atoms with E-state index in [-0.39, 0.29) is 16.7 Å². The maximum atomic E-state index is 13.1. The molecule has 0 heterocycles. The number of rotatable bonds is 5. The minimum absolute atomic E-state index is 0.135. The molecule has 0 atom stereocenters. The third-order valence-corrected chi connectivity index (χ3v) is 5.62. The smallest absolute Gasteiger partial charge is 0.339 e. The summed E-state index contributed by atoms with van der Waals surface area (Å²) >= 11 is 0. The van der Waals surface area contributed by atoms with Crippen molar-refractivity contribution in [2.45, 2.75) is 16.7 Å². The fourth-order valence-corrected chi connectivity index (χ4v) is 4.13. The molecule has 0 aliphatic heterocycles. The van der Waals surface area contributed by atoms with Gasteiger partial charge in [0.25, 0.3) is 5.69 Å². The quantitative estimate of drug-likeness (QED) is 0.430. The van der Waals surface area contributed by atoms with Crippen LogP contribution in [0.1, 0.15) is 26.3 Å². The van der Waals surface area contributed by atoms with Gasteiger partial charge < -0.3 is 9.47 Å². The van der Waals surface area contributed by atoms with E-state index in [0.717, 1.165) is 32.4 Å². The lowest BCUT2D eigenvalue weighted by Gasteiger charge is -2.12. The SMILES string of the molecule is COC(=O)c1cc([N+](=O)[O-])c(S(=O)(=O)c2ccccc2C(=O)OC)cc1C. The molecule has 27 heavy (non-hydrogen) atoms. The minimum atomic E-state index is -4.47. The number of nitro benzene ring substituents is 1. The van der Waals surface area contributed by atoms with E-state index in [9.17, 15) is 28.1 Å². The van der Waals surface area contributed by atoms with Crippen LogP contribution in [0.3, 0.4) is 0 Å². The summed E-state index contributed by atoms with van der Waals surface area (Å²) < 4.78 is 35.3. The van der Waals surface area contributed by atoms with E-state index in [1.807, 2.05) is 0 Å². The number of methoxy groups -OCH3 is 2. The number of carbonyl (C=O) groups excluding carboxylic acids is 2. The number of nitro groups is 1. The Morgan fingerprint density at radius 1 is 0.963 bits per heavy atom. The molecule has 0 fully saturated rings. The van der Waals surface area contributed by atoms with E-state index in [1.165, 1.54) is 25.1 Å². The first-order chi connectivity index (χ1) is 12.6. The third-order valence-electron chi connectivity index (χ3n) is 3.78. The summed E-state index contributed by atoms with van der Waals surface area (Å²) in [5.74, 6) is -1.74. The average molecular weight is 393 g/mol. The summed E-state index contributed by atoms with van der Waals surface area (Å²) in [7, 11) is -2.28. The van der Waals surface area contributed by atoms with E-state index < -0.39 is 42.2 Å². The lowest BCUT2D eigenvalue weighted by molar-refractivity contribution is -0.387. The highest BCUT2D eigenvalue weighted by atomic mass is 32.2. The van der Waals surface area contributed by atoms with Crippen molar-refractivity contribution in [1.82, 2.24) is 0 Å². The van der Waals surface area contributed by atoms with Crippen molar-refractivity contribution >= 4 is 27.5 Å². The van der Waals surface area contributed by atoms with Gasteiger partial charge in [-0.05, 0) is 30.7 Å². The molecule has 2 aromatic carbocycles. The summed E-state index contributed by atoms with van der Waals surface area (Å²) in [5, 5.41) is 11.4. The van der Waals surface area contributed by atoms with E-state index >= 15 is 0 Å². The van der Waals surface area contributed by atoms with Crippen molar-refractivity contribution in [2.75, 3.05) is 14.2 Å². The predicted molar refractivity (Wildman–Crippen MR) is 92.4 cm³/mol. The Bertz CT molecular complexity index is 1040. The topological polar surface area (TPSA) is 130 Å².